The van der Waals surface area contributed by atoms with Gasteiger partial charge in [-0.2, -0.15) is 0 Å². The quantitative estimate of drug-likeness (QED) is 0.370. The number of hydrogen-bond donors (Lipinski definition) is 1. The minimum atomic E-state index is -4.15. The summed E-state index contributed by atoms with van der Waals surface area (Å²) >= 11 is 18.3. The molecule has 7 nitrogen and oxygen atoms in total. The molecule has 0 bridgehead atoms. The highest BCUT2D eigenvalue weighted by atomic mass is 35.5. The van der Waals surface area contributed by atoms with Crippen molar-refractivity contribution in [2.24, 2.45) is 0 Å². The van der Waals surface area contributed by atoms with E-state index in [-0.39, 0.29) is 11.4 Å². The van der Waals surface area contributed by atoms with E-state index >= 15 is 0 Å². The molecule has 2 amide bonds. The van der Waals surface area contributed by atoms with Crippen molar-refractivity contribution in [3.8, 4) is 0 Å². The van der Waals surface area contributed by atoms with Gasteiger partial charge in [0.2, 0.25) is 11.8 Å². The molecule has 0 aliphatic heterocycles. The van der Waals surface area contributed by atoms with Crippen LogP contribution in [0.15, 0.2) is 71.6 Å². The van der Waals surface area contributed by atoms with E-state index in [4.69, 9.17) is 34.8 Å². The molecular formula is C26H26Cl3N3O4S. The molecular weight excluding hydrogens is 557 g/mol. The zero-order chi connectivity index (χ0) is 27.3. The Labute approximate surface area is 232 Å². The Kier molecular flexibility index (Phi) is 9.47. The highest BCUT2D eigenvalue weighted by molar-refractivity contribution is 7.92. The third-order valence-electron chi connectivity index (χ3n) is 5.79. The molecule has 196 valence electrons. The van der Waals surface area contributed by atoms with E-state index in [2.05, 4.69) is 5.32 Å². The van der Waals surface area contributed by atoms with Crippen molar-refractivity contribution in [2.45, 2.75) is 31.3 Å². The summed E-state index contributed by atoms with van der Waals surface area (Å²) < 4.78 is 28.5. The topological polar surface area (TPSA) is 86.8 Å². The summed E-state index contributed by atoms with van der Waals surface area (Å²) in [5.74, 6) is -0.996. The highest BCUT2D eigenvalue weighted by Gasteiger charge is 2.33. The van der Waals surface area contributed by atoms with Crippen LogP contribution in [0, 0.1) is 6.92 Å². The standard InChI is InChI=1S/C26H26Cl3N3O4S/c1-17-13-20(27)10-12-24(17)32(37(35,36)21-7-5-4-6-8-21)16-25(33)31(18(2)26(34)30-3)15-19-9-11-22(28)23(29)14-19/h4-14,18H,15-16H2,1-3H3,(H,30,34)/t18-/m1/s1. The van der Waals surface area contributed by atoms with Crippen molar-refractivity contribution in [1.82, 2.24) is 10.2 Å². The van der Waals surface area contributed by atoms with Crippen LogP contribution >= 0.6 is 34.8 Å². The molecule has 0 aromatic heterocycles. The molecule has 3 rings (SSSR count). The van der Waals surface area contributed by atoms with Gasteiger partial charge in [-0.3, -0.25) is 13.9 Å². The van der Waals surface area contributed by atoms with Gasteiger partial charge in [0.15, 0.2) is 0 Å². The Bertz CT molecular complexity index is 1400. The third kappa shape index (κ3) is 6.76. The number of amides is 2. The number of rotatable bonds is 9. The Morgan fingerprint density at radius 3 is 2.22 bits per heavy atom. The summed E-state index contributed by atoms with van der Waals surface area (Å²) in [7, 11) is -2.69. The molecule has 1 N–H and O–H groups in total. The van der Waals surface area contributed by atoms with Gasteiger partial charge in [-0.05, 0) is 67.4 Å². The molecule has 37 heavy (non-hydrogen) atoms. The van der Waals surface area contributed by atoms with Crippen molar-refractivity contribution in [3.05, 3.63) is 92.9 Å². The van der Waals surface area contributed by atoms with Gasteiger partial charge in [-0.1, -0.05) is 59.1 Å². The minimum Gasteiger partial charge on any atom is -0.357 e. The van der Waals surface area contributed by atoms with E-state index in [0.29, 0.717) is 31.9 Å². The molecule has 0 saturated carbocycles. The van der Waals surface area contributed by atoms with E-state index in [0.717, 1.165) is 4.31 Å². The van der Waals surface area contributed by atoms with Gasteiger partial charge in [0.05, 0.1) is 20.6 Å². The SMILES string of the molecule is CNC(=O)[C@@H](C)N(Cc1ccc(Cl)c(Cl)c1)C(=O)CN(c1ccc(Cl)cc1C)S(=O)(=O)c1ccccc1. The van der Waals surface area contributed by atoms with Crippen molar-refractivity contribution in [1.29, 1.82) is 0 Å². The molecule has 0 spiro atoms. The summed E-state index contributed by atoms with van der Waals surface area (Å²) in [6, 6.07) is 16.5. The summed E-state index contributed by atoms with van der Waals surface area (Å²) in [5, 5.41) is 3.61. The average Bonchev–Trinajstić information content (AvgIpc) is 2.87. The monoisotopic (exact) mass is 581 g/mol. The first-order valence-corrected chi connectivity index (χ1v) is 13.8. The third-order valence-corrected chi connectivity index (χ3v) is 8.54. The fourth-order valence-corrected chi connectivity index (χ4v) is 5.81. The van der Waals surface area contributed by atoms with E-state index in [1.807, 2.05) is 0 Å². The summed E-state index contributed by atoms with van der Waals surface area (Å²) in [4.78, 5) is 27.6. The zero-order valence-corrected chi connectivity index (χ0v) is 23.5. The number of halogens is 3. The molecule has 0 fully saturated rings. The molecule has 0 saturated heterocycles. The zero-order valence-electron chi connectivity index (χ0n) is 20.4. The second-order valence-corrected chi connectivity index (χ2v) is 11.4. The largest absolute Gasteiger partial charge is 0.357 e. The lowest BCUT2D eigenvalue weighted by atomic mass is 10.1. The van der Waals surface area contributed by atoms with E-state index in [1.165, 1.54) is 24.1 Å². The average molecular weight is 583 g/mol. The second kappa shape index (κ2) is 12.2. The van der Waals surface area contributed by atoms with Crippen LogP contribution in [-0.4, -0.2) is 44.8 Å². The lowest BCUT2D eigenvalue weighted by molar-refractivity contribution is -0.139. The fourth-order valence-electron chi connectivity index (χ4n) is 3.76. The summed E-state index contributed by atoms with van der Waals surface area (Å²) in [5.41, 5.74) is 1.48. The van der Waals surface area contributed by atoms with Gasteiger partial charge in [0, 0.05) is 18.6 Å². The van der Waals surface area contributed by atoms with Crippen LogP contribution in [-0.2, 0) is 26.2 Å². The molecule has 11 heteroatoms. The number of likely N-dealkylation sites (N-methyl/N-ethyl adjacent to an activating group) is 1. The van der Waals surface area contributed by atoms with Crippen LogP contribution in [0.4, 0.5) is 5.69 Å². The lowest BCUT2D eigenvalue weighted by Gasteiger charge is -2.32. The first-order chi connectivity index (χ1) is 17.4. The molecule has 0 heterocycles. The summed E-state index contributed by atoms with van der Waals surface area (Å²) in [6.45, 7) is 2.73. The molecule has 0 aliphatic rings. The lowest BCUT2D eigenvalue weighted by Crippen LogP contribution is -2.50. The highest BCUT2D eigenvalue weighted by Crippen LogP contribution is 2.30. The normalized spacial score (nSPS) is 12.1. The van der Waals surface area contributed by atoms with Gasteiger partial charge >= 0.3 is 0 Å². The van der Waals surface area contributed by atoms with Gasteiger partial charge in [-0.15, -0.1) is 0 Å². The first kappa shape index (κ1) is 28.8. The number of sulfonamides is 1. The van der Waals surface area contributed by atoms with E-state index < -0.39 is 34.4 Å². The number of carbonyl (C=O) groups is 2. The van der Waals surface area contributed by atoms with E-state index in [1.54, 1.807) is 68.4 Å². The fraction of sp³-hybridized carbons (Fsp3) is 0.231. The van der Waals surface area contributed by atoms with Gasteiger partial charge < -0.3 is 10.2 Å². The van der Waals surface area contributed by atoms with E-state index in [9.17, 15) is 18.0 Å². The predicted octanol–water partition coefficient (Wildman–Crippen LogP) is 5.31. The number of nitrogens with zero attached hydrogens (tertiary/aromatic N) is 2. The van der Waals surface area contributed by atoms with Crippen molar-refractivity contribution < 1.29 is 18.0 Å². The van der Waals surface area contributed by atoms with Crippen LogP contribution in [0.1, 0.15) is 18.1 Å². The maximum absolute atomic E-state index is 13.8. The number of hydrogen-bond acceptors (Lipinski definition) is 4. The summed E-state index contributed by atoms with van der Waals surface area (Å²) in [6.07, 6.45) is 0. The van der Waals surface area contributed by atoms with Crippen LogP contribution in [0.3, 0.4) is 0 Å². The van der Waals surface area contributed by atoms with Crippen molar-refractivity contribution in [2.75, 3.05) is 17.9 Å². The maximum Gasteiger partial charge on any atom is 0.264 e. The Morgan fingerprint density at radius 2 is 1.62 bits per heavy atom. The number of carbonyl (C=O) groups excluding carboxylic acids is 2. The van der Waals surface area contributed by atoms with Crippen molar-refractivity contribution in [3.63, 3.8) is 0 Å². The number of anilines is 1. The molecule has 0 aliphatic carbocycles. The van der Waals surface area contributed by atoms with Crippen LogP contribution in [0.2, 0.25) is 15.1 Å². The molecule has 1 atom stereocenters. The van der Waals surface area contributed by atoms with Crippen LogP contribution in [0.25, 0.3) is 0 Å². The van der Waals surface area contributed by atoms with Crippen LogP contribution in [0.5, 0.6) is 0 Å². The van der Waals surface area contributed by atoms with Gasteiger partial charge in [-0.25, -0.2) is 8.42 Å². The number of benzene rings is 3. The number of aryl methyl sites for hydroxylation is 1. The Balaban J connectivity index is 2.06. The van der Waals surface area contributed by atoms with Gasteiger partial charge in [0.25, 0.3) is 10.0 Å². The first-order valence-electron chi connectivity index (χ1n) is 11.2. The number of nitrogens with one attached hydrogen (secondary N) is 1. The maximum atomic E-state index is 13.8. The Morgan fingerprint density at radius 1 is 0.946 bits per heavy atom. The van der Waals surface area contributed by atoms with Crippen LogP contribution < -0.4 is 9.62 Å². The van der Waals surface area contributed by atoms with Gasteiger partial charge in [0.1, 0.15) is 12.6 Å². The minimum absolute atomic E-state index is 0.00311. The molecule has 0 unspecified atom stereocenters. The predicted molar refractivity (Wildman–Crippen MR) is 148 cm³/mol. The Hall–Kier alpha value is -2.78. The smallest absolute Gasteiger partial charge is 0.264 e. The molecule has 0 radical (unpaired) electrons. The van der Waals surface area contributed by atoms with Crippen molar-refractivity contribution >= 4 is 62.3 Å². The second-order valence-electron chi connectivity index (χ2n) is 8.32. The molecule has 3 aromatic rings. The molecule has 3 aromatic carbocycles.